The number of hydrogen-bond donors (Lipinski definition) is 1. The van der Waals surface area contributed by atoms with Gasteiger partial charge in [0.25, 0.3) is 5.78 Å². The molecule has 7 heteroatoms. The maximum Gasteiger partial charge on any atom is 0.413 e. The summed E-state index contributed by atoms with van der Waals surface area (Å²) in [5.74, 6) is -1.24. The van der Waals surface area contributed by atoms with Crippen LogP contribution in [-0.2, 0) is 9.53 Å². The third-order valence-electron chi connectivity index (χ3n) is 2.25. The number of alkyl carbamates (subject to hydrolysis) is 1. The van der Waals surface area contributed by atoms with Crippen molar-refractivity contribution >= 4 is 17.8 Å². The van der Waals surface area contributed by atoms with Crippen LogP contribution in [0.1, 0.15) is 10.4 Å². The van der Waals surface area contributed by atoms with Gasteiger partial charge in [0, 0.05) is 5.56 Å². The van der Waals surface area contributed by atoms with Crippen molar-refractivity contribution in [1.82, 2.24) is 5.32 Å². The van der Waals surface area contributed by atoms with E-state index in [9.17, 15) is 14.4 Å². The van der Waals surface area contributed by atoms with Gasteiger partial charge in [-0.15, -0.1) is 0 Å². The Hall–Kier alpha value is -2.57. The summed E-state index contributed by atoms with van der Waals surface area (Å²) in [6.45, 7) is 0. The summed E-state index contributed by atoms with van der Waals surface area (Å²) < 4.78 is 14.2. The van der Waals surface area contributed by atoms with E-state index in [1.54, 1.807) is 5.32 Å². The van der Waals surface area contributed by atoms with Gasteiger partial charge >= 0.3 is 12.0 Å². The first kappa shape index (κ1) is 14.5. The van der Waals surface area contributed by atoms with Gasteiger partial charge in [-0.2, -0.15) is 0 Å². The number of ether oxygens (including phenoxy) is 3. The molecule has 2 amide bonds. The summed E-state index contributed by atoms with van der Waals surface area (Å²) in [4.78, 5) is 34.0. The Kier molecular flexibility index (Phi) is 4.87. The second-order valence-electron chi connectivity index (χ2n) is 3.34. The Morgan fingerprint density at radius 3 is 2.16 bits per heavy atom. The van der Waals surface area contributed by atoms with Crippen molar-refractivity contribution in [3.8, 4) is 11.5 Å². The molecule has 1 N–H and O–H groups in total. The third kappa shape index (κ3) is 3.44. The molecule has 1 rings (SSSR count). The van der Waals surface area contributed by atoms with Crippen LogP contribution >= 0.6 is 0 Å². The van der Waals surface area contributed by atoms with Crippen molar-refractivity contribution in [2.24, 2.45) is 0 Å². The quantitative estimate of drug-likeness (QED) is 0.640. The summed E-state index contributed by atoms with van der Waals surface area (Å²) >= 11 is 0. The van der Waals surface area contributed by atoms with Crippen molar-refractivity contribution in [3.05, 3.63) is 23.8 Å². The Morgan fingerprint density at radius 1 is 1.00 bits per heavy atom. The topological polar surface area (TPSA) is 90.9 Å². The summed E-state index contributed by atoms with van der Waals surface area (Å²) in [5.41, 5.74) is 0.0686. The number of amides is 2. The van der Waals surface area contributed by atoms with Crippen LogP contribution in [0, 0.1) is 0 Å². The molecular weight excluding hydrogens is 254 g/mol. The summed E-state index contributed by atoms with van der Waals surface area (Å²) in [7, 11) is 3.94. The minimum absolute atomic E-state index is 0.0686. The van der Waals surface area contributed by atoms with Crippen LogP contribution in [0.5, 0.6) is 11.5 Å². The van der Waals surface area contributed by atoms with Crippen LogP contribution in [0.3, 0.4) is 0 Å². The minimum atomic E-state index is -1.08. The molecular formula is C12H13NO6. The molecule has 1 aromatic rings. The van der Waals surface area contributed by atoms with Gasteiger partial charge in [0.2, 0.25) is 0 Å². The van der Waals surface area contributed by atoms with Crippen molar-refractivity contribution in [2.75, 3.05) is 21.3 Å². The zero-order valence-corrected chi connectivity index (χ0v) is 10.7. The molecule has 0 heterocycles. The molecule has 0 saturated heterocycles. The second kappa shape index (κ2) is 6.39. The maximum atomic E-state index is 11.7. The van der Waals surface area contributed by atoms with E-state index in [1.807, 2.05) is 0 Å². The molecule has 0 atom stereocenters. The molecule has 1 aromatic carbocycles. The average molecular weight is 267 g/mol. The van der Waals surface area contributed by atoms with Crippen molar-refractivity contribution < 1.29 is 28.6 Å². The number of carbonyl (C=O) groups excluding carboxylic acids is 3. The predicted octanol–water partition coefficient (Wildman–Crippen LogP) is 0.769. The minimum Gasteiger partial charge on any atom is -0.493 e. The Balaban J connectivity index is 2.94. The van der Waals surface area contributed by atoms with Gasteiger partial charge < -0.3 is 14.2 Å². The lowest BCUT2D eigenvalue weighted by Crippen LogP contribution is -2.35. The number of benzene rings is 1. The van der Waals surface area contributed by atoms with E-state index in [-0.39, 0.29) is 5.56 Å². The molecule has 0 saturated carbocycles. The molecule has 19 heavy (non-hydrogen) atoms. The Labute approximate surface area is 109 Å². The zero-order chi connectivity index (χ0) is 14.4. The number of nitrogens with one attached hydrogen (secondary N) is 1. The van der Waals surface area contributed by atoms with Gasteiger partial charge in [-0.25, -0.2) is 4.79 Å². The summed E-state index contributed by atoms with van der Waals surface area (Å²) in [6, 6.07) is 4.22. The molecule has 0 bridgehead atoms. The fourth-order valence-corrected chi connectivity index (χ4v) is 1.31. The first-order valence-corrected chi connectivity index (χ1v) is 5.19. The summed E-state index contributed by atoms with van der Waals surface area (Å²) in [6.07, 6.45) is -1.00. The third-order valence-corrected chi connectivity index (χ3v) is 2.25. The van der Waals surface area contributed by atoms with Gasteiger partial charge in [-0.3, -0.25) is 14.9 Å². The fourth-order valence-electron chi connectivity index (χ4n) is 1.31. The highest BCUT2D eigenvalue weighted by molar-refractivity contribution is 6.44. The first-order chi connectivity index (χ1) is 9.03. The average Bonchev–Trinajstić information content (AvgIpc) is 2.45. The Bertz CT molecular complexity index is 511. The zero-order valence-electron chi connectivity index (χ0n) is 10.7. The molecule has 0 aromatic heterocycles. The van der Waals surface area contributed by atoms with E-state index < -0.39 is 17.8 Å². The van der Waals surface area contributed by atoms with E-state index >= 15 is 0 Å². The predicted molar refractivity (Wildman–Crippen MR) is 64.4 cm³/mol. The van der Waals surface area contributed by atoms with E-state index in [0.29, 0.717) is 11.5 Å². The Morgan fingerprint density at radius 2 is 1.63 bits per heavy atom. The summed E-state index contributed by atoms with van der Waals surface area (Å²) in [5, 5.41) is 1.77. The molecule has 102 valence electrons. The molecule has 0 spiro atoms. The molecule has 0 aliphatic rings. The largest absolute Gasteiger partial charge is 0.493 e. The number of carbonyl (C=O) groups is 3. The first-order valence-electron chi connectivity index (χ1n) is 5.19. The molecule has 0 unspecified atom stereocenters. The molecule has 0 aliphatic carbocycles. The molecule has 0 fully saturated rings. The van der Waals surface area contributed by atoms with Crippen LogP contribution in [0.4, 0.5) is 4.79 Å². The SMILES string of the molecule is COC(=O)NC(=O)C(=O)c1ccc(OC)c(OC)c1. The number of ketones is 1. The van der Waals surface area contributed by atoms with Crippen LogP contribution in [0.15, 0.2) is 18.2 Å². The van der Waals surface area contributed by atoms with Crippen molar-refractivity contribution in [3.63, 3.8) is 0 Å². The lowest BCUT2D eigenvalue weighted by molar-refractivity contribution is -0.116. The van der Waals surface area contributed by atoms with E-state index in [1.165, 1.54) is 32.4 Å². The van der Waals surface area contributed by atoms with Gasteiger partial charge in [0.1, 0.15) is 0 Å². The highest BCUT2D eigenvalue weighted by Gasteiger charge is 2.20. The van der Waals surface area contributed by atoms with Crippen LogP contribution in [-0.4, -0.2) is 39.1 Å². The van der Waals surface area contributed by atoms with Gasteiger partial charge in [-0.1, -0.05) is 0 Å². The van der Waals surface area contributed by atoms with E-state index in [2.05, 4.69) is 4.74 Å². The lowest BCUT2D eigenvalue weighted by atomic mass is 10.1. The monoisotopic (exact) mass is 267 g/mol. The van der Waals surface area contributed by atoms with Gasteiger partial charge in [0.05, 0.1) is 21.3 Å². The lowest BCUT2D eigenvalue weighted by Gasteiger charge is -2.08. The van der Waals surface area contributed by atoms with Gasteiger partial charge in [-0.05, 0) is 18.2 Å². The van der Waals surface area contributed by atoms with E-state index in [4.69, 9.17) is 9.47 Å². The smallest absolute Gasteiger partial charge is 0.413 e. The normalized spacial score (nSPS) is 9.42. The maximum absolute atomic E-state index is 11.7. The number of methoxy groups -OCH3 is 3. The number of Topliss-reactive ketones (excluding diaryl/α,β-unsaturated/α-hetero) is 1. The van der Waals surface area contributed by atoms with Crippen molar-refractivity contribution in [1.29, 1.82) is 0 Å². The van der Waals surface area contributed by atoms with Crippen molar-refractivity contribution in [2.45, 2.75) is 0 Å². The fraction of sp³-hybridized carbons (Fsp3) is 0.250. The second-order valence-corrected chi connectivity index (χ2v) is 3.34. The van der Waals surface area contributed by atoms with Crippen LogP contribution < -0.4 is 14.8 Å². The van der Waals surface area contributed by atoms with Crippen LogP contribution in [0.25, 0.3) is 0 Å². The molecule has 0 aliphatic heterocycles. The number of rotatable bonds is 4. The standard InChI is InChI=1S/C12H13NO6/c1-17-8-5-4-7(6-9(8)18-2)10(14)11(15)13-12(16)19-3/h4-6H,1-3H3,(H,13,15,16). The van der Waals surface area contributed by atoms with Gasteiger partial charge in [0.15, 0.2) is 11.5 Å². The highest BCUT2D eigenvalue weighted by Crippen LogP contribution is 2.27. The highest BCUT2D eigenvalue weighted by atomic mass is 16.5. The number of hydrogen-bond acceptors (Lipinski definition) is 6. The molecule has 7 nitrogen and oxygen atoms in total. The van der Waals surface area contributed by atoms with Crippen LogP contribution in [0.2, 0.25) is 0 Å². The molecule has 0 radical (unpaired) electrons. The number of imide groups is 1. The van der Waals surface area contributed by atoms with E-state index in [0.717, 1.165) is 7.11 Å².